The zero-order chi connectivity index (χ0) is 14.5. The molecule has 1 aromatic heterocycles. The number of thiazole rings is 1. The highest BCUT2D eigenvalue weighted by Gasteiger charge is 2.07. The van der Waals surface area contributed by atoms with E-state index in [1.54, 1.807) is 35.4 Å². The van der Waals surface area contributed by atoms with Crippen LogP contribution in [0, 0.1) is 6.92 Å². The first-order valence-electron chi connectivity index (χ1n) is 6.24. The van der Waals surface area contributed by atoms with Crippen molar-refractivity contribution in [2.24, 2.45) is 0 Å². The van der Waals surface area contributed by atoms with Crippen LogP contribution >= 0.6 is 11.3 Å². The molecule has 0 aliphatic heterocycles. The van der Waals surface area contributed by atoms with Crippen molar-refractivity contribution in [3.63, 3.8) is 0 Å². The average Bonchev–Trinajstić information content (AvgIpc) is 2.83. The van der Waals surface area contributed by atoms with E-state index >= 15 is 0 Å². The predicted octanol–water partition coefficient (Wildman–Crippen LogP) is 2.71. The molecule has 0 spiro atoms. The molecule has 0 saturated heterocycles. The van der Waals surface area contributed by atoms with E-state index < -0.39 is 0 Å². The highest BCUT2D eigenvalue weighted by molar-refractivity contribution is 7.11. The molecule has 0 fully saturated rings. The zero-order valence-electron chi connectivity index (χ0n) is 11.5. The van der Waals surface area contributed by atoms with E-state index in [-0.39, 0.29) is 5.91 Å². The number of benzene rings is 1. The number of nitrogen functional groups attached to an aromatic ring is 1. The number of aromatic nitrogens is 1. The highest BCUT2D eigenvalue weighted by atomic mass is 32.1. The maximum Gasteiger partial charge on any atom is 0.246 e. The van der Waals surface area contributed by atoms with Gasteiger partial charge in [-0.3, -0.25) is 4.79 Å². The summed E-state index contributed by atoms with van der Waals surface area (Å²) in [6.07, 6.45) is 5.17. The minimum absolute atomic E-state index is 0.0344. The molecule has 0 aliphatic rings. The fourth-order valence-electron chi connectivity index (χ4n) is 1.69. The van der Waals surface area contributed by atoms with Crippen LogP contribution in [0.4, 0.5) is 5.69 Å². The number of amides is 1. The van der Waals surface area contributed by atoms with Crippen molar-refractivity contribution in [3.8, 4) is 0 Å². The van der Waals surface area contributed by atoms with Crippen molar-refractivity contribution in [1.82, 2.24) is 9.88 Å². The minimum Gasteiger partial charge on any atom is -0.399 e. The second-order valence-corrected chi connectivity index (χ2v) is 5.86. The van der Waals surface area contributed by atoms with Crippen molar-refractivity contribution in [2.45, 2.75) is 13.5 Å². The predicted molar refractivity (Wildman–Crippen MR) is 83.2 cm³/mol. The number of nitrogens with two attached hydrogens (primary N) is 1. The molecule has 2 N–H and O–H groups in total. The van der Waals surface area contributed by atoms with Crippen molar-refractivity contribution in [1.29, 1.82) is 0 Å². The summed E-state index contributed by atoms with van der Waals surface area (Å²) >= 11 is 1.61. The quantitative estimate of drug-likeness (QED) is 0.695. The number of rotatable bonds is 4. The standard InChI is InChI=1S/C15H17N3OS/c1-11-17-9-14(20-11)10-18(2)15(19)8-5-12-3-6-13(16)7-4-12/h3-9H,10,16H2,1-2H3/b8-5+. The van der Waals surface area contributed by atoms with Crippen molar-refractivity contribution >= 4 is 29.0 Å². The molecule has 0 aliphatic carbocycles. The molecule has 1 heterocycles. The molecule has 0 unspecified atom stereocenters. The monoisotopic (exact) mass is 287 g/mol. The molecule has 1 amide bonds. The van der Waals surface area contributed by atoms with E-state index in [2.05, 4.69) is 4.98 Å². The Hall–Kier alpha value is -2.14. The Balaban J connectivity index is 1.95. The Kier molecular flexibility index (Phi) is 4.53. The summed E-state index contributed by atoms with van der Waals surface area (Å²) in [7, 11) is 1.78. The summed E-state index contributed by atoms with van der Waals surface area (Å²) in [6.45, 7) is 2.54. The molecule has 5 heteroatoms. The lowest BCUT2D eigenvalue weighted by Crippen LogP contribution is -2.23. The normalized spacial score (nSPS) is 10.9. The van der Waals surface area contributed by atoms with Crippen LogP contribution in [0.1, 0.15) is 15.4 Å². The molecule has 2 aromatic rings. The van der Waals surface area contributed by atoms with Crippen LogP contribution in [0.25, 0.3) is 6.08 Å². The van der Waals surface area contributed by atoms with Gasteiger partial charge in [-0.2, -0.15) is 0 Å². The number of aryl methyl sites for hydroxylation is 1. The second-order valence-electron chi connectivity index (χ2n) is 4.54. The summed E-state index contributed by atoms with van der Waals surface area (Å²) in [5, 5.41) is 1.01. The average molecular weight is 287 g/mol. The summed E-state index contributed by atoms with van der Waals surface area (Å²) in [5.74, 6) is -0.0344. The Bertz CT molecular complexity index is 616. The summed E-state index contributed by atoms with van der Waals surface area (Å²) in [6, 6.07) is 7.39. The van der Waals surface area contributed by atoms with Crippen LogP contribution in [0.15, 0.2) is 36.5 Å². The smallest absolute Gasteiger partial charge is 0.246 e. The molecule has 2 rings (SSSR count). The summed E-state index contributed by atoms with van der Waals surface area (Å²) in [4.78, 5) is 18.9. The molecule has 0 atom stereocenters. The van der Waals surface area contributed by atoms with Gasteiger partial charge in [-0.05, 0) is 30.7 Å². The second kappa shape index (κ2) is 6.34. The van der Waals surface area contributed by atoms with E-state index in [1.807, 2.05) is 37.4 Å². The van der Waals surface area contributed by atoms with Gasteiger partial charge < -0.3 is 10.6 Å². The third-order valence-corrected chi connectivity index (χ3v) is 3.69. The van der Waals surface area contributed by atoms with Crippen LogP contribution in [-0.2, 0) is 11.3 Å². The van der Waals surface area contributed by atoms with Gasteiger partial charge in [-0.1, -0.05) is 12.1 Å². The number of carbonyl (C=O) groups is 1. The van der Waals surface area contributed by atoms with E-state index in [4.69, 9.17) is 5.73 Å². The first-order valence-corrected chi connectivity index (χ1v) is 7.06. The highest BCUT2D eigenvalue weighted by Crippen LogP contribution is 2.14. The third-order valence-electron chi connectivity index (χ3n) is 2.79. The number of nitrogens with zero attached hydrogens (tertiary/aromatic N) is 2. The van der Waals surface area contributed by atoms with Gasteiger partial charge in [-0.15, -0.1) is 11.3 Å². The van der Waals surface area contributed by atoms with Crippen LogP contribution in [0.5, 0.6) is 0 Å². The molecule has 104 valence electrons. The SMILES string of the molecule is Cc1ncc(CN(C)C(=O)/C=C/c2ccc(N)cc2)s1. The number of hydrogen-bond donors (Lipinski definition) is 1. The summed E-state index contributed by atoms with van der Waals surface area (Å²) < 4.78 is 0. The minimum atomic E-state index is -0.0344. The lowest BCUT2D eigenvalue weighted by Gasteiger charge is -2.13. The van der Waals surface area contributed by atoms with E-state index in [1.165, 1.54) is 0 Å². The molecule has 0 radical (unpaired) electrons. The third kappa shape index (κ3) is 3.93. The maximum atomic E-state index is 12.0. The van der Waals surface area contributed by atoms with Crippen LogP contribution in [-0.4, -0.2) is 22.8 Å². The Morgan fingerprint density at radius 2 is 2.10 bits per heavy atom. The van der Waals surface area contributed by atoms with Crippen molar-refractivity contribution < 1.29 is 4.79 Å². The first-order chi connectivity index (χ1) is 9.54. The number of carbonyl (C=O) groups excluding carboxylic acids is 1. The topological polar surface area (TPSA) is 59.2 Å². The first kappa shape index (κ1) is 14.3. The lowest BCUT2D eigenvalue weighted by molar-refractivity contribution is -0.125. The largest absolute Gasteiger partial charge is 0.399 e. The van der Waals surface area contributed by atoms with Gasteiger partial charge in [0, 0.05) is 29.9 Å². The van der Waals surface area contributed by atoms with Gasteiger partial charge in [0.1, 0.15) is 0 Å². The molecular formula is C15H17N3OS. The van der Waals surface area contributed by atoms with Crippen LogP contribution < -0.4 is 5.73 Å². The van der Waals surface area contributed by atoms with Gasteiger partial charge in [0.2, 0.25) is 5.91 Å². The number of anilines is 1. The zero-order valence-corrected chi connectivity index (χ0v) is 12.4. The molecule has 0 bridgehead atoms. The number of hydrogen-bond acceptors (Lipinski definition) is 4. The molecule has 20 heavy (non-hydrogen) atoms. The number of likely N-dealkylation sites (N-methyl/N-ethyl adjacent to an activating group) is 1. The van der Waals surface area contributed by atoms with Gasteiger partial charge in [-0.25, -0.2) is 4.98 Å². The van der Waals surface area contributed by atoms with E-state index in [0.717, 1.165) is 15.4 Å². The Morgan fingerprint density at radius 3 is 2.70 bits per heavy atom. The van der Waals surface area contributed by atoms with Gasteiger partial charge in [0.25, 0.3) is 0 Å². The van der Waals surface area contributed by atoms with Gasteiger partial charge in [0.05, 0.1) is 11.6 Å². The van der Waals surface area contributed by atoms with Crippen molar-refractivity contribution in [2.75, 3.05) is 12.8 Å². The van der Waals surface area contributed by atoms with Crippen molar-refractivity contribution in [3.05, 3.63) is 52.0 Å². The molecule has 0 saturated carbocycles. The van der Waals surface area contributed by atoms with Gasteiger partial charge in [0.15, 0.2) is 0 Å². The van der Waals surface area contributed by atoms with Crippen LogP contribution in [0.2, 0.25) is 0 Å². The Morgan fingerprint density at radius 1 is 1.40 bits per heavy atom. The molecule has 1 aromatic carbocycles. The lowest BCUT2D eigenvalue weighted by atomic mass is 10.2. The summed E-state index contributed by atoms with van der Waals surface area (Å²) in [5.41, 5.74) is 7.28. The Labute approximate surface area is 122 Å². The fraction of sp³-hybridized carbons (Fsp3) is 0.200. The van der Waals surface area contributed by atoms with E-state index in [0.29, 0.717) is 12.2 Å². The maximum absolute atomic E-state index is 12.0. The molecule has 4 nitrogen and oxygen atoms in total. The van der Waals surface area contributed by atoms with Crippen LogP contribution in [0.3, 0.4) is 0 Å². The van der Waals surface area contributed by atoms with Gasteiger partial charge >= 0.3 is 0 Å². The van der Waals surface area contributed by atoms with E-state index in [9.17, 15) is 4.79 Å². The fourth-order valence-corrected chi connectivity index (χ4v) is 2.54. The molecular weight excluding hydrogens is 270 g/mol.